The molecule has 5 heterocycles. The van der Waals surface area contributed by atoms with E-state index in [-0.39, 0.29) is 23.4 Å². The number of tetrazole rings is 1. The van der Waals surface area contributed by atoms with E-state index in [9.17, 15) is 4.79 Å². The van der Waals surface area contributed by atoms with E-state index in [2.05, 4.69) is 32.4 Å². The molecule has 0 amide bonds. The summed E-state index contributed by atoms with van der Waals surface area (Å²) >= 11 is 6.34. The number of hydrogen-bond donors (Lipinski definition) is 1. The molecule has 1 saturated carbocycles. The van der Waals surface area contributed by atoms with Crippen LogP contribution in [0.4, 0.5) is 10.1 Å². The van der Waals surface area contributed by atoms with Gasteiger partial charge in [-0.25, -0.2) is 4.99 Å². The van der Waals surface area contributed by atoms with Crippen LogP contribution in [0.1, 0.15) is 41.6 Å². The summed E-state index contributed by atoms with van der Waals surface area (Å²) in [5.74, 6) is 0.0185. The Morgan fingerprint density at radius 3 is 2.82 bits per heavy atom. The molecule has 1 aliphatic carbocycles. The van der Waals surface area contributed by atoms with Crippen LogP contribution in [0.2, 0.25) is 5.02 Å². The molecule has 0 bridgehead atoms. The number of pyridine rings is 1. The first-order valence-electron chi connectivity index (χ1n) is 12.8. The van der Waals surface area contributed by atoms with Gasteiger partial charge < -0.3 is 9.88 Å². The van der Waals surface area contributed by atoms with Gasteiger partial charge in [-0.2, -0.15) is 9.07 Å². The van der Waals surface area contributed by atoms with Crippen molar-refractivity contribution in [1.29, 1.82) is 0 Å². The topological polar surface area (TPSA) is 90.0 Å². The van der Waals surface area contributed by atoms with Crippen LogP contribution in [-0.2, 0) is 6.42 Å². The molecule has 4 aliphatic rings. The number of anilines is 1. The number of aromatic nitrogens is 5. The van der Waals surface area contributed by atoms with Gasteiger partial charge in [-0.05, 0) is 75.9 Å². The molecular weight excluding hydrogens is 517 g/mol. The lowest BCUT2D eigenvalue weighted by Crippen LogP contribution is -2.29. The molecule has 0 spiro atoms. The van der Waals surface area contributed by atoms with Crippen LogP contribution in [0.3, 0.4) is 0 Å². The van der Waals surface area contributed by atoms with Gasteiger partial charge in [0.1, 0.15) is 6.33 Å². The van der Waals surface area contributed by atoms with Gasteiger partial charge in [0, 0.05) is 63.8 Å². The minimum absolute atomic E-state index is 0.138. The Hall–Kier alpha value is -4.37. The summed E-state index contributed by atoms with van der Waals surface area (Å²) in [6, 6.07) is 14.7. The Labute approximate surface area is 227 Å². The third-order valence-electron chi connectivity index (χ3n) is 8.23. The van der Waals surface area contributed by atoms with Crippen LogP contribution in [0.25, 0.3) is 22.4 Å². The lowest BCUT2D eigenvalue weighted by molar-refractivity contribution is 0.579. The van der Waals surface area contributed by atoms with E-state index >= 15 is 4.39 Å². The molecule has 3 atom stereocenters. The number of benzene rings is 2. The Balaban J connectivity index is 1.15. The second kappa shape index (κ2) is 8.07. The highest BCUT2D eigenvalue weighted by molar-refractivity contribution is 6.31. The average molecular weight is 538 g/mol. The maximum Gasteiger partial charge on any atom is 0.251 e. The van der Waals surface area contributed by atoms with Crippen molar-refractivity contribution in [2.45, 2.75) is 31.2 Å². The summed E-state index contributed by atoms with van der Waals surface area (Å²) in [6.07, 6.45) is 3.57. The van der Waals surface area contributed by atoms with Crippen LogP contribution in [-0.4, -0.2) is 30.5 Å². The molecule has 1 N–H and O–H groups in total. The van der Waals surface area contributed by atoms with Crippen molar-refractivity contribution >= 4 is 28.6 Å². The molecule has 39 heavy (non-hydrogen) atoms. The highest BCUT2D eigenvalue weighted by atomic mass is 35.5. The number of fused-ring (bicyclic) bond motifs is 4. The number of allylic oxidation sites excluding steroid dienone is 2. The van der Waals surface area contributed by atoms with E-state index in [0.717, 1.165) is 57.9 Å². The van der Waals surface area contributed by atoms with E-state index in [1.165, 1.54) is 6.33 Å². The largest absolute Gasteiger partial charge is 0.359 e. The maximum atomic E-state index is 15.3. The third kappa shape index (κ3) is 3.46. The van der Waals surface area contributed by atoms with Crippen LogP contribution >= 0.6 is 11.6 Å². The zero-order valence-corrected chi connectivity index (χ0v) is 21.4. The maximum absolute atomic E-state index is 15.3. The molecule has 10 heteroatoms. The van der Waals surface area contributed by atoms with Crippen molar-refractivity contribution in [2.24, 2.45) is 10.9 Å². The molecule has 2 aromatic heterocycles. The second-order valence-electron chi connectivity index (χ2n) is 10.6. The van der Waals surface area contributed by atoms with Gasteiger partial charge in [0.25, 0.3) is 5.56 Å². The fourth-order valence-electron chi connectivity index (χ4n) is 6.43. The number of nitrogens with zero attached hydrogens (tertiary/aromatic N) is 6. The Bertz CT molecular complexity index is 1860. The molecule has 2 aromatic carbocycles. The quantitative estimate of drug-likeness (QED) is 0.349. The summed E-state index contributed by atoms with van der Waals surface area (Å²) < 4.78 is 18.6. The van der Waals surface area contributed by atoms with Crippen molar-refractivity contribution in [2.75, 3.05) is 5.32 Å². The van der Waals surface area contributed by atoms with Crippen molar-refractivity contribution in [3.8, 4) is 16.8 Å². The van der Waals surface area contributed by atoms with Crippen LogP contribution in [0, 0.1) is 5.92 Å². The van der Waals surface area contributed by atoms with Crippen molar-refractivity contribution < 1.29 is 4.39 Å². The normalized spacial score (nSPS) is 22.5. The fourth-order valence-corrected chi connectivity index (χ4v) is 6.61. The van der Waals surface area contributed by atoms with Gasteiger partial charge in [-0.15, -0.1) is 5.10 Å². The fraction of sp³-hybridized carbons (Fsp3) is 0.207. The standard InChI is InChI=1S/C29H21ClFN7O/c1-14-6-17-7-15(2-4-23(17)33-14)20-12-24(34-29(20)31)28-22-11-21(22)26-8-16(9-27(39)38(26)28)19-10-18(30)3-5-25(19)37-13-32-35-36-37/h2-5,7-10,13,21-22,28,33H,1,6,11-12H2. The van der Waals surface area contributed by atoms with E-state index in [1.54, 1.807) is 16.8 Å². The monoisotopic (exact) mass is 537 g/mol. The molecule has 0 saturated heterocycles. The number of halogens is 2. The first kappa shape index (κ1) is 22.6. The van der Waals surface area contributed by atoms with E-state index < -0.39 is 5.95 Å². The lowest BCUT2D eigenvalue weighted by atomic mass is 9.96. The molecule has 8 nitrogen and oxygen atoms in total. The predicted octanol–water partition coefficient (Wildman–Crippen LogP) is 5.47. The van der Waals surface area contributed by atoms with E-state index in [0.29, 0.717) is 22.7 Å². The highest BCUT2D eigenvalue weighted by Gasteiger charge is 2.55. The predicted molar refractivity (Wildman–Crippen MR) is 147 cm³/mol. The van der Waals surface area contributed by atoms with Crippen molar-refractivity contribution in [3.05, 3.63) is 105 Å². The van der Waals surface area contributed by atoms with Crippen LogP contribution in [0.5, 0.6) is 0 Å². The number of nitrogens with one attached hydrogen (secondary N) is 1. The molecule has 0 radical (unpaired) electrons. The lowest BCUT2D eigenvalue weighted by Gasteiger charge is -2.20. The van der Waals surface area contributed by atoms with Crippen molar-refractivity contribution in [1.82, 2.24) is 24.8 Å². The summed E-state index contributed by atoms with van der Waals surface area (Å²) in [5.41, 5.74) is 8.21. The summed E-state index contributed by atoms with van der Waals surface area (Å²) in [6.45, 7) is 4.00. The first-order valence-corrected chi connectivity index (χ1v) is 13.2. The van der Waals surface area contributed by atoms with Gasteiger partial charge in [0.2, 0.25) is 5.95 Å². The number of rotatable bonds is 4. The molecular formula is C29H21ClFN7O. The molecule has 3 aliphatic heterocycles. The molecule has 1 fully saturated rings. The van der Waals surface area contributed by atoms with Gasteiger partial charge in [0.15, 0.2) is 0 Å². The molecule has 192 valence electrons. The summed E-state index contributed by atoms with van der Waals surface area (Å²) in [5, 5.41) is 15.3. The SMILES string of the molecule is C=C1Cc2cc(C3=C(F)N=C(C4C5CC5c5cc(-c6cc(Cl)ccc6-n6cnnn6)cc(=O)n54)C3)ccc2N1. The number of aliphatic imine (C=N–C) groups is 1. The Morgan fingerprint density at radius 1 is 1.08 bits per heavy atom. The molecule has 8 rings (SSSR count). The van der Waals surface area contributed by atoms with E-state index in [1.807, 2.05) is 41.0 Å². The zero-order chi connectivity index (χ0) is 26.4. The van der Waals surface area contributed by atoms with Gasteiger partial charge in [-0.1, -0.05) is 24.2 Å². The smallest absolute Gasteiger partial charge is 0.251 e. The Kier molecular flexibility index (Phi) is 4.67. The van der Waals surface area contributed by atoms with E-state index in [4.69, 9.17) is 11.6 Å². The van der Waals surface area contributed by atoms with Crippen molar-refractivity contribution in [3.63, 3.8) is 0 Å². The first-order chi connectivity index (χ1) is 18.9. The minimum Gasteiger partial charge on any atom is -0.359 e. The molecule has 3 unspecified atom stereocenters. The van der Waals surface area contributed by atoms with Crippen LogP contribution < -0.4 is 10.9 Å². The van der Waals surface area contributed by atoms with Crippen LogP contribution in [0.15, 0.2) is 82.9 Å². The Morgan fingerprint density at radius 2 is 1.97 bits per heavy atom. The number of hydrogen-bond acceptors (Lipinski definition) is 6. The third-order valence-corrected chi connectivity index (χ3v) is 8.46. The summed E-state index contributed by atoms with van der Waals surface area (Å²) in [7, 11) is 0. The second-order valence-corrected chi connectivity index (χ2v) is 11.0. The van der Waals surface area contributed by atoms with Gasteiger partial charge >= 0.3 is 0 Å². The van der Waals surface area contributed by atoms with Gasteiger partial charge in [-0.3, -0.25) is 4.79 Å². The van der Waals surface area contributed by atoms with Gasteiger partial charge in [0.05, 0.1) is 11.7 Å². The average Bonchev–Trinajstić information content (AvgIpc) is 3.29. The summed E-state index contributed by atoms with van der Waals surface area (Å²) in [4.78, 5) is 18.0. The zero-order valence-electron chi connectivity index (χ0n) is 20.6. The minimum atomic E-state index is -0.463. The molecule has 4 aromatic rings. The highest BCUT2D eigenvalue weighted by Crippen LogP contribution is 2.60.